The van der Waals surface area contributed by atoms with Gasteiger partial charge < -0.3 is 15.9 Å². The molecule has 63 heavy (non-hydrogen) atoms. The number of aliphatic hydroxyl groups excluding tert-OH is 1. The van der Waals surface area contributed by atoms with Crippen molar-refractivity contribution in [3.8, 4) is 0 Å². The maximum Gasteiger partial charge on any atom is 0.261 e. The van der Waals surface area contributed by atoms with Crippen LogP contribution in [0.25, 0.3) is 59.6 Å². The van der Waals surface area contributed by atoms with E-state index < -0.39 is 12.0 Å². The number of aliphatic hydroxyl groups is 2. The van der Waals surface area contributed by atoms with Crippen molar-refractivity contribution in [2.24, 2.45) is 20.0 Å². The Labute approximate surface area is 360 Å². The molecule has 5 heterocycles. The average molecular weight is 817 g/mol. The SMILES string of the molecule is CC1=NC(=Nc2c3cc4ccccc4cc3c(N)n2C2(O)/C(C(C)O)=C3\N=C(N=C4c5cc6ccccc6cc5C(=N)N42)c2cc4ccccc4cc23)c2cc3ccccc3cc21. The van der Waals surface area contributed by atoms with Gasteiger partial charge in [-0.2, -0.15) is 0 Å². The predicted octanol–water partition coefficient (Wildman–Crippen LogP) is 9.99. The fourth-order valence-electron chi connectivity index (χ4n) is 10.2. The van der Waals surface area contributed by atoms with Crippen LogP contribution in [0.5, 0.6) is 0 Å². The summed E-state index contributed by atoms with van der Waals surface area (Å²) in [5.41, 5.74) is 13.2. The molecule has 0 saturated carbocycles. The highest BCUT2D eigenvalue weighted by atomic mass is 16.3. The van der Waals surface area contributed by atoms with Crippen molar-refractivity contribution in [3.63, 3.8) is 0 Å². The summed E-state index contributed by atoms with van der Waals surface area (Å²) >= 11 is 0. The molecule has 10 nitrogen and oxygen atoms in total. The Kier molecular flexibility index (Phi) is 7.09. The summed E-state index contributed by atoms with van der Waals surface area (Å²) in [5, 5.41) is 46.1. The number of anilines is 1. The Balaban J connectivity index is 1.18. The van der Waals surface area contributed by atoms with Crippen molar-refractivity contribution in [1.29, 1.82) is 5.41 Å². The standard InChI is InChI=1S/C53H36N8O2/c1-27-37-19-29-11-3-7-15-33(29)23-41(37)49(56-27)58-51-43-25-35-17-9-5-13-31(35)21-39(43)47(54)60(51)53(63)45(28(2)62)46-38-20-30-12-4-8-16-34(30)24-42(38)50(57-46)59-52-44-26-36-18-10-6-14-32(36)22-40(44)48(55)61(52)53/h3-26,28,55,62-63H,54H2,1-2H3/b46-45-,55-48?,58-49?,59-52?. The van der Waals surface area contributed by atoms with Gasteiger partial charge in [-0.1, -0.05) is 97.1 Å². The summed E-state index contributed by atoms with van der Waals surface area (Å²) < 4.78 is 1.57. The Morgan fingerprint density at radius 1 is 0.603 bits per heavy atom. The highest BCUT2D eigenvalue weighted by molar-refractivity contribution is 6.31. The number of aliphatic imine (C=N–C) groups is 4. The summed E-state index contributed by atoms with van der Waals surface area (Å²) in [6.45, 7) is 3.59. The second kappa shape index (κ2) is 12.5. The zero-order valence-electron chi connectivity index (χ0n) is 34.1. The van der Waals surface area contributed by atoms with E-state index in [4.69, 9.17) is 25.7 Å². The first kappa shape index (κ1) is 35.7. The highest BCUT2D eigenvalue weighted by Gasteiger charge is 2.55. The van der Waals surface area contributed by atoms with Crippen LogP contribution in [0.2, 0.25) is 0 Å². The molecule has 0 aliphatic carbocycles. The molecule has 0 fully saturated rings. The number of nitrogens with zero attached hydrogens (tertiary/aromatic N) is 6. The van der Waals surface area contributed by atoms with E-state index in [1.165, 1.54) is 4.90 Å². The number of nitrogens with one attached hydrogen (secondary N) is 1. The molecular weight excluding hydrogens is 781 g/mol. The number of fused-ring (bicyclic) bond motifs is 13. The minimum atomic E-state index is -2.47. The average Bonchev–Trinajstić information content (AvgIpc) is 3.97. The lowest BCUT2D eigenvalue weighted by Gasteiger charge is -2.43. The van der Waals surface area contributed by atoms with Gasteiger partial charge in [0.2, 0.25) is 0 Å². The van der Waals surface area contributed by atoms with Gasteiger partial charge in [0.15, 0.2) is 11.7 Å². The first-order valence-electron chi connectivity index (χ1n) is 20.9. The van der Waals surface area contributed by atoms with Gasteiger partial charge in [0, 0.05) is 49.9 Å². The Hall–Kier alpha value is -8.05. The molecule has 0 spiro atoms. The molecule has 1 aromatic heterocycles. The van der Waals surface area contributed by atoms with Crippen LogP contribution in [0.15, 0.2) is 171 Å². The van der Waals surface area contributed by atoms with Crippen LogP contribution in [0.3, 0.4) is 0 Å². The number of hydrogen-bond acceptors (Lipinski definition) is 7. The summed E-state index contributed by atoms with van der Waals surface area (Å²) in [5.74, 6) is -0.893. The van der Waals surface area contributed by atoms with Gasteiger partial charge in [-0.3, -0.25) is 14.9 Å². The Bertz CT molecular complexity index is 3790. The van der Waals surface area contributed by atoms with E-state index >= 15 is 0 Å². The van der Waals surface area contributed by atoms with Crippen molar-refractivity contribution in [2.75, 3.05) is 5.73 Å². The quantitative estimate of drug-likeness (QED) is 0.141. The van der Waals surface area contributed by atoms with Gasteiger partial charge in [-0.25, -0.2) is 20.0 Å². The molecule has 0 amide bonds. The lowest BCUT2D eigenvalue weighted by Crippen LogP contribution is -2.57. The molecule has 13 rings (SSSR count). The van der Waals surface area contributed by atoms with Gasteiger partial charge in [0.05, 0.1) is 17.4 Å². The maximum absolute atomic E-state index is 14.5. The number of benzene rings is 8. The van der Waals surface area contributed by atoms with Crippen LogP contribution >= 0.6 is 0 Å². The van der Waals surface area contributed by atoms with Gasteiger partial charge in [0.1, 0.15) is 23.3 Å². The molecule has 9 aromatic rings. The summed E-state index contributed by atoms with van der Waals surface area (Å²) in [4.78, 5) is 22.5. The number of aromatic nitrogens is 1. The number of nitrogen functional groups attached to an aromatic ring is 1. The number of hydrogen-bond donors (Lipinski definition) is 4. The Morgan fingerprint density at radius 3 is 1.65 bits per heavy atom. The third-order valence-corrected chi connectivity index (χ3v) is 13.1. The molecule has 4 aliphatic rings. The molecule has 300 valence electrons. The zero-order chi connectivity index (χ0) is 42.5. The van der Waals surface area contributed by atoms with Crippen molar-refractivity contribution < 1.29 is 10.2 Å². The lowest BCUT2D eigenvalue weighted by atomic mass is 9.93. The topological polar surface area (TPSA) is 148 Å². The van der Waals surface area contributed by atoms with Crippen LogP contribution in [-0.4, -0.2) is 54.8 Å². The fourth-order valence-corrected chi connectivity index (χ4v) is 10.2. The smallest absolute Gasteiger partial charge is 0.261 e. The third-order valence-electron chi connectivity index (χ3n) is 13.1. The van der Waals surface area contributed by atoms with Crippen LogP contribution in [-0.2, 0) is 5.85 Å². The van der Waals surface area contributed by atoms with E-state index in [0.29, 0.717) is 44.8 Å². The predicted molar refractivity (Wildman–Crippen MR) is 255 cm³/mol. The van der Waals surface area contributed by atoms with E-state index in [9.17, 15) is 15.6 Å². The number of rotatable bonds is 3. The molecule has 5 N–H and O–H groups in total. The van der Waals surface area contributed by atoms with Crippen molar-refractivity contribution in [1.82, 2.24) is 9.47 Å². The van der Waals surface area contributed by atoms with E-state index in [1.54, 1.807) is 11.5 Å². The first-order valence-corrected chi connectivity index (χ1v) is 20.9. The minimum Gasteiger partial charge on any atom is -0.389 e. The van der Waals surface area contributed by atoms with E-state index in [0.717, 1.165) is 65.5 Å². The molecule has 4 aliphatic heterocycles. The minimum absolute atomic E-state index is 0.0284. The highest BCUT2D eigenvalue weighted by Crippen LogP contribution is 2.51. The summed E-state index contributed by atoms with van der Waals surface area (Å²) in [7, 11) is 0. The molecule has 10 heteroatoms. The van der Waals surface area contributed by atoms with Gasteiger partial charge in [-0.05, 0) is 105 Å². The largest absolute Gasteiger partial charge is 0.389 e. The number of nitrogens with two attached hydrogens (primary N) is 1. The van der Waals surface area contributed by atoms with E-state index in [1.807, 2.05) is 122 Å². The molecule has 2 bridgehead atoms. The first-order chi connectivity index (χ1) is 30.7. The van der Waals surface area contributed by atoms with Crippen molar-refractivity contribution in [3.05, 3.63) is 185 Å². The molecule has 0 saturated heterocycles. The molecule has 8 aromatic carbocycles. The third kappa shape index (κ3) is 4.81. The maximum atomic E-state index is 14.5. The molecule has 2 atom stereocenters. The van der Waals surface area contributed by atoms with Crippen molar-refractivity contribution in [2.45, 2.75) is 25.8 Å². The molecule has 0 radical (unpaired) electrons. The monoisotopic (exact) mass is 816 g/mol. The normalized spacial score (nSPS) is 19.9. The van der Waals surface area contributed by atoms with E-state index in [2.05, 4.69) is 30.3 Å². The van der Waals surface area contributed by atoms with Gasteiger partial charge in [-0.15, -0.1) is 0 Å². The van der Waals surface area contributed by atoms with Crippen LogP contribution in [0, 0.1) is 5.41 Å². The summed E-state index contributed by atoms with van der Waals surface area (Å²) in [6.07, 6.45) is -1.33. The Morgan fingerprint density at radius 2 is 1.08 bits per heavy atom. The van der Waals surface area contributed by atoms with Crippen molar-refractivity contribution >= 4 is 100 Å². The van der Waals surface area contributed by atoms with Gasteiger partial charge in [0.25, 0.3) is 5.85 Å². The van der Waals surface area contributed by atoms with E-state index in [-0.39, 0.29) is 28.9 Å². The fraction of sp³-hybridized carbons (Fsp3) is 0.0755. The molecule has 2 unspecified atom stereocenters. The zero-order valence-corrected chi connectivity index (χ0v) is 34.1. The van der Waals surface area contributed by atoms with Gasteiger partial charge >= 0.3 is 0 Å². The van der Waals surface area contributed by atoms with Crippen LogP contribution in [0.4, 0.5) is 11.6 Å². The van der Waals surface area contributed by atoms with Crippen LogP contribution in [0.1, 0.15) is 47.2 Å². The molecular formula is C53H36N8O2. The summed E-state index contributed by atoms with van der Waals surface area (Å²) in [6, 6.07) is 48.5. The lowest BCUT2D eigenvalue weighted by molar-refractivity contribution is -0.0835. The second-order valence-corrected chi connectivity index (χ2v) is 16.8. The van der Waals surface area contributed by atoms with Crippen LogP contribution < -0.4 is 5.73 Å². The second-order valence-electron chi connectivity index (χ2n) is 16.8. The number of amidine groups is 4.